The third kappa shape index (κ3) is 1.68. The largest absolute Gasteiger partial charge is 0.497 e. The molecule has 2 rings (SSSR count). The molecule has 0 aliphatic heterocycles. The Kier molecular flexibility index (Phi) is 3.07. The van der Waals surface area contributed by atoms with Crippen LogP contribution >= 0.6 is 0 Å². The van der Waals surface area contributed by atoms with Crippen LogP contribution in [-0.4, -0.2) is 23.3 Å². The van der Waals surface area contributed by atoms with Crippen molar-refractivity contribution in [2.45, 2.75) is 25.9 Å². The molecule has 18 heavy (non-hydrogen) atoms. The summed E-state index contributed by atoms with van der Waals surface area (Å²) < 4.78 is 5.15. The van der Waals surface area contributed by atoms with Gasteiger partial charge in [-0.15, -0.1) is 0 Å². The molecule has 0 amide bonds. The van der Waals surface area contributed by atoms with Gasteiger partial charge in [-0.2, -0.15) is 0 Å². The van der Waals surface area contributed by atoms with Crippen LogP contribution in [0.1, 0.15) is 25.0 Å². The standard InChI is InChI=1S/C14H18O4/c1-8-6-10-4-5-11(18-3)7-12(10)14(8,17)9(2)13(15)16/h4-5,7-9,17H,6H2,1-3H3,(H,15,16). The van der Waals surface area contributed by atoms with E-state index in [1.807, 2.05) is 19.1 Å². The molecule has 0 fully saturated rings. The quantitative estimate of drug-likeness (QED) is 0.858. The van der Waals surface area contributed by atoms with Gasteiger partial charge in [0.05, 0.1) is 13.0 Å². The van der Waals surface area contributed by atoms with E-state index in [0.29, 0.717) is 17.7 Å². The fourth-order valence-corrected chi connectivity index (χ4v) is 2.83. The summed E-state index contributed by atoms with van der Waals surface area (Å²) in [5.41, 5.74) is 0.360. The number of carbonyl (C=O) groups is 1. The first kappa shape index (κ1) is 12.9. The number of rotatable bonds is 3. The number of carboxylic acids is 1. The fraction of sp³-hybridized carbons (Fsp3) is 0.500. The first-order chi connectivity index (χ1) is 8.41. The number of aliphatic carboxylic acids is 1. The highest BCUT2D eigenvalue weighted by Crippen LogP contribution is 2.47. The summed E-state index contributed by atoms with van der Waals surface area (Å²) in [5, 5.41) is 20.0. The number of benzene rings is 1. The molecular formula is C14H18O4. The van der Waals surface area contributed by atoms with E-state index in [0.717, 1.165) is 5.56 Å². The zero-order valence-corrected chi connectivity index (χ0v) is 10.8. The second-order valence-corrected chi connectivity index (χ2v) is 5.01. The maximum Gasteiger partial charge on any atom is 0.309 e. The molecule has 0 radical (unpaired) electrons. The summed E-state index contributed by atoms with van der Waals surface area (Å²) in [7, 11) is 1.56. The zero-order valence-electron chi connectivity index (χ0n) is 10.8. The van der Waals surface area contributed by atoms with Gasteiger partial charge in [-0.3, -0.25) is 4.79 Å². The number of hydrogen-bond donors (Lipinski definition) is 2. The minimum absolute atomic E-state index is 0.120. The SMILES string of the molecule is COc1ccc2c(c1)C(O)(C(C)C(=O)O)C(C)C2. The van der Waals surface area contributed by atoms with Crippen molar-refractivity contribution < 1.29 is 19.7 Å². The van der Waals surface area contributed by atoms with Gasteiger partial charge in [-0.1, -0.05) is 13.0 Å². The van der Waals surface area contributed by atoms with Gasteiger partial charge >= 0.3 is 5.97 Å². The number of ether oxygens (including phenoxy) is 1. The minimum atomic E-state index is -1.32. The molecule has 3 unspecified atom stereocenters. The lowest BCUT2D eigenvalue weighted by molar-refractivity contribution is -0.155. The molecule has 3 atom stereocenters. The number of hydrogen-bond acceptors (Lipinski definition) is 3. The Morgan fingerprint density at radius 3 is 2.78 bits per heavy atom. The lowest BCUT2D eigenvalue weighted by Crippen LogP contribution is -2.41. The van der Waals surface area contributed by atoms with Gasteiger partial charge in [0, 0.05) is 0 Å². The van der Waals surface area contributed by atoms with Crippen molar-refractivity contribution in [2.24, 2.45) is 11.8 Å². The fourth-order valence-electron chi connectivity index (χ4n) is 2.83. The summed E-state index contributed by atoms with van der Waals surface area (Å²) in [6.07, 6.45) is 0.688. The van der Waals surface area contributed by atoms with Crippen LogP contribution in [0.25, 0.3) is 0 Å². The first-order valence-electron chi connectivity index (χ1n) is 6.03. The smallest absolute Gasteiger partial charge is 0.309 e. The Hall–Kier alpha value is -1.55. The topological polar surface area (TPSA) is 66.8 Å². The number of carboxylic acid groups (broad SMARTS) is 1. The van der Waals surface area contributed by atoms with Gasteiger partial charge in [-0.25, -0.2) is 0 Å². The molecule has 0 aromatic heterocycles. The van der Waals surface area contributed by atoms with Crippen LogP contribution in [0.4, 0.5) is 0 Å². The van der Waals surface area contributed by atoms with Crippen molar-refractivity contribution in [3.8, 4) is 5.75 Å². The number of fused-ring (bicyclic) bond motifs is 1. The van der Waals surface area contributed by atoms with Crippen LogP contribution in [0.3, 0.4) is 0 Å². The highest BCUT2D eigenvalue weighted by molar-refractivity contribution is 5.72. The molecular weight excluding hydrogens is 232 g/mol. The summed E-state index contributed by atoms with van der Waals surface area (Å²) in [6, 6.07) is 5.48. The summed E-state index contributed by atoms with van der Waals surface area (Å²) >= 11 is 0. The Labute approximate surface area is 106 Å². The van der Waals surface area contributed by atoms with Crippen molar-refractivity contribution in [3.05, 3.63) is 29.3 Å². The van der Waals surface area contributed by atoms with Crippen LogP contribution in [0.15, 0.2) is 18.2 Å². The molecule has 0 bridgehead atoms. The molecule has 1 aliphatic rings. The normalized spacial score (nSPS) is 27.7. The molecule has 0 saturated carbocycles. The molecule has 2 N–H and O–H groups in total. The predicted molar refractivity (Wildman–Crippen MR) is 66.6 cm³/mol. The van der Waals surface area contributed by atoms with E-state index >= 15 is 0 Å². The van der Waals surface area contributed by atoms with E-state index in [1.165, 1.54) is 0 Å². The highest BCUT2D eigenvalue weighted by Gasteiger charge is 2.49. The third-order valence-electron chi connectivity index (χ3n) is 4.06. The minimum Gasteiger partial charge on any atom is -0.497 e. The molecule has 4 nitrogen and oxygen atoms in total. The van der Waals surface area contributed by atoms with Gasteiger partial charge in [0.2, 0.25) is 0 Å². The molecule has 98 valence electrons. The van der Waals surface area contributed by atoms with Gasteiger partial charge in [0.25, 0.3) is 0 Å². The third-order valence-corrected chi connectivity index (χ3v) is 4.06. The van der Waals surface area contributed by atoms with E-state index in [2.05, 4.69) is 0 Å². The highest BCUT2D eigenvalue weighted by atomic mass is 16.5. The van der Waals surface area contributed by atoms with E-state index in [4.69, 9.17) is 4.74 Å². The Bertz CT molecular complexity index is 483. The van der Waals surface area contributed by atoms with Crippen molar-refractivity contribution in [1.29, 1.82) is 0 Å². The predicted octanol–water partition coefficient (Wildman–Crippen LogP) is 1.80. The van der Waals surface area contributed by atoms with Gasteiger partial charge < -0.3 is 14.9 Å². The molecule has 0 heterocycles. The van der Waals surface area contributed by atoms with Gasteiger partial charge in [0.15, 0.2) is 0 Å². The summed E-state index contributed by atoms with van der Waals surface area (Å²) in [6.45, 7) is 3.43. The Morgan fingerprint density at radius 2 is 2.22 bits per heavy atom. The molecule has 1 aliphatic carbocycles. The van der Waals surface area contributed by atoms with Crippen molar-refractivity contribution in [1.82, 2.24) is 0 Å². The molecule has 1 aromatic carbocycles. The average Bonchev–Trinajstić information content (AvgIpc) is 2.61. The van der Waals surface area contributed by atoms with Crippen molar-refractivity contribution >= 4 is 5.97 Å². The molecule has 0 spiro atoms. The van der Waals surface area contributed by atoms with Crippen molar-refractivity contribution in [2.75, 3.05) is 7.11 Å². The monoisotopic (exact) mass is 250 g/mol. The second-order valence-electron chi connectivity index (χ2n) is 5.01. The van der Waals surface area contributed by atoms with E-state index in [1.54, 1.807) is 20.1 Å². The van der Waals surface area contributed by atoms with Crippen LogP contribution in [0.2, 0.25) is 0 Å². The number of methoxy groups -OCH3 is 1. The summed E-state index contributed by atoms with van der Waals surface area (Å²) in [4.78, 5) is 11.2. The summed E-state index contributed by atoms with van der Waals surface area (Å²) in [5.74, 6) is -1.31. The lowest BCUT2D eigenvalue weighted by Gasteiger charge is -2.33. The van der Waals surface area contributed by atoms with Crippen LogP contribution in [0.5, 0.6) is 5.75 Å². The Morgan fingerprint density at radius 1 is 1.56 bits per heavy atom. The van der Waals surface area contributed by atoms with Crippen LogP contribution in [-0.2, 0) is 16.8 Å². The molecule has 0 saturated heterocycles. The molecule has 4 heteroatoms. The van der Waals surface area contributed by atoms with Crippen LogP contribution in [0, 0.1) is 11.8 Å². The zero-order chi connectivity index (χ0) is 13.5. The van der Waals surface area contributed by atoms with E-state index in [9.17, 15) is 15.0 Å². The second kappa shape index (κ2) is 4.28. The van der Waals surface area contributed by atoms with E-state index in [-0.39, 0.29) is 5.92 Å². The lowest BCUT2D eigenvalue weighted by atomic mass is 9.78. The van der Waals surface area contributed by atoms with E-state index < -0.39 is 17.5 Å². The van der Waals surface area contributed by atoms with Gasteiger partial charge in [-0.05, 0) is 42.5 Å². The maximum absolute atomic E-state index is 11.2. The number of aliphatic hydroxyl groups is 1. The average molecular weight is 250 g/mol. The van der Waals surface area contributed by atoms with Crippen molar-refractivity contribution in [3.63, 3.8) is 0 Å². The van der Waals surface area contributed by atoms with Crippen LogP contribution < -0.4 is 4.74 Å². The Balaban J connectivity index is 2.54. The molecule has 1 aromatic rings. The maximum atomic E-state index is 11.2. The first-order valence-corrected chi connectivity index (χ1v) is 6.03. The van der Waals surface area contributed by atoms with Gasteiger partial charge in [0.1, 0.15) is 11.4 Å².